The highest BCUT2D eigenvalue weighted by molar-refractivity contribution is 6.04. The number of rotatable bonds is 9. The normalized spacial score (nSPS) is 19.4. The highest BCUT2D eigenvalue weighted by Gasteiger charge is 2.51. The van der Waals surface area contributed by atoms with Crippen LogP contribution in [0.25, 0.3) is 5.57 Å². The molecule has 1 aliphatic carbocycles. The molecule has 0 spiro atoms. The van der Waals surface area contributed by atoms with Crippen molar-refractivity contribution in [1.82, 2.24) is 14.7 Å². The highest BCUT2D eigenvalue weighted by Crippen LogP contribution is 2.42. The van der Waals surface area contributed by atoms with Crippen molar-refractivity contribution in [3.63, 3.8) is 0 Å². The van der Waals surface area contributed by atoms with Gasteiger partial charge in [-0.3, -0.25) is 9.69 Å². The molecule has 0 aromatic heterocycles. The Morgan fingerprint density at radius 1 is 0.939 bits per heavy atom. The van der Waals surface area contributed by atoms with E-state index in [0.29, 0.717) is 24.3 Å². The molecule has 1 saturated heterocycles. The number of ether oxygens (including phenoxy) is 4. The number of aliphatic hydroxyl groups excluding tert-OH is 1. The van der Waals surface area contributed by atoms with Gasteiger partial charge in [-0.25, -0.2) is 9.59 Å². The Hall–Kier alpha value is -4.25. The largest absolute Gasteiger partial charge is 0.496 e. The molecule has 1 N–H and O–H groups in total. The van der Waals surface area contributed by atoms with E-state index in [2.05, 4.69) is 0 Å². The first kappa shape index (κ1) is 36.0. The summed E-state index contributed by atoms with van der Waals surface area (Å²) in [5.41, 5.74) is 2.47. The number of nitrogens with zero attached hydrogens (tertiary/aromatic N) is 3. The molecular formula is C38H51N3O8. The Bertz CT molecular complexity index is 1590. The Morgan fingerprint density at radius 2 is 1.61 bits per heavy atom. The highest BCUT2D eigenvalue weighted by atomic mass is 16.6. The van der Waals surface area contributed by atoms with Crippen LogP contribution in [0.2, 0.25) is 0 Å². The molecule has 3 amide bonds. The predicted molar refractivity (Wildman–Crippen MR) is 185 cm³/mol. The average Bonchev–Trinajstić information content (AvgIpc) is 3.86. The zero-order valence-corrected chi connectivity index (χ0v) is 30.1. The Morgan fingerprint density at radius 3 is 2.24 bits per heavy atom. The number of carbonyl (C=O) groups excluding carboxylic acids is 3. The molecule has 2 heterocycles. The van der Waals surface area contributed by atoms with Gasteiger partial charge in [0.2, 0.25) is 0 Å². The zero-order valence-electron chi connectivity index (χ0n) is 30.1. The van der Waals surface area contributed by atoms with E-state index in [0.717, 1.165) is 40.9 Å². The maximum atomic E-state index is 15.2. The van der Waals surface area contributed by atoms with Crippen LogP contribution in [0.3, 0.4) is 0 Å². The fraction of sp³-hybridized carbons (Fsp3) is 0.553. The van der Waals surface area contributed by atoms with Crippen LogP contribution in [0.1, 0.15) is 77.5 Å². The molecule has 49 heavy (non-hydrogen) atoms. The quantitative estimate of drug-likeness (QED) is 0.346. The fourth-order valence-electron chi connectivity index (χ4n) is 6.60. The molecule has 2 aromatic carbocycles. The fourth-order valence-corrected chi connectivity index (χ4v) is 6.60. The van der Waals surface area contributed by atoms with E-state index in [4.69, 9.17) is 18.9 Å². The van der Waals surface area contributed by atoms with Crippen molar-refractivity contribution in [1.29, 1.82) is 0 Å². The van der Waals surface area contributed by atoms with E-state index >= 15 is 4.79 Å². The molecule has 2 bridgehead atoms. The number of hydrogen-bond acceptors (Lipinski definition) is 8. The number of carbonyl (C=O) groups is 3. The summed E-state index contributed by atoms with van der Waals surface area (Å²) in [6.07, 6.45) is 1.02. The van der Waals surface area contributed by atoms with Gasteiger partial charge in [0.25, 0.3) is 5.91 Å². The second kappa shape index (κ2) is 14.3. The smallest absolute Gasteiger partial charge is 0.411 e. The van der Waals surface area contributed by atoms with E-state index in [9.17, 15) is 14.7 Å². The number of benzene rings is 2. The molecule has 11 heteroatoms. The summed E-state index contributed by atoms with van der Waals surface area (Å²) in [6, 6.07) is 12.1. The molecule has 1 saturated carbocycles. The minimum absolute atomic E-state index is 0.0318. The summed E-state index contributed by atoms with van der Waals surface area (Å²) in [6.45, 7) is 13.5. The Labute approximate surface area is 289 Å². The van der Waals surface area contributed by atoms with Gasteiger partial charge in [-0.05, 0) is 108 Å². The topological polar surface area (TPSA) is 118 Å². The van der Waals surface area contributed by atoms with Gasteiger partial charge in [-0.1, -0.05) is 24.3 Å². The summed E-state index contributed by atoms with van der Waals surface area (Å²) in [7, 11) is 1.63. The molecule has 2 aliphatic heterocycles. The Kier molecular flexibility index (Phi) is 10.5. The van der Waals surface area contributed by atoms with Crippen molar-refractivity contribution in [3.8, 4) is 11.5 Å². The summed E-state index contributed by atoms with van der Waals surface area (Å²) in [5, 5.41) is 9.38. The van der Waals surface area contributed by atoms with Crippen LogP contribution >= 0.6 is 0 Å². The predicted octanol–water partition coefficient (Wildman–Crippen LogP) is 5.95. The number of aliphatic hydroxyl groups is 1. The van der Waals surface area contributed by atoms with Gasteiger partial charge < -0.3 is 33.9 Å². The van der Waals surface area contributed by atoms with Gasteiger partial charge in [0.1, 0.15) is 29.3 Å². The van der Waals surface area contributed by atoms with Gasteiger partial charge in [-0.2, -0.15) is 0 Å². The molecule has 2 fully saturated rings. The van der Waals surface area contributed by atoms with Crippen molar-refractivity contribution in [2.45, 2.75) is 104 Å². The van der Waals surface area contributed by atoms with Crippen LogP contribution in [-0.2, 0) is 20.8 Å². The maximum absolute atomic E-state index is 15.2. The summed E-state index contributed by atoms with van der Waals surface area (Å²) < 4.78 is 23.1. The summed E-state index contributed by atoms with van der Waals surface area (Å²) in [5.74, 6) is 1.12. The van der Waals surface area contributed by atoms with Gasteiger partial charge in [-0.15, -0.1) is 0 Å². The Balaban J connectivity index is 1.65. The lowest BCUT2D eigenvalue weighted by atomic mass is 9.81. The second-order valence-corrected chi connectivity index (χ2v) is 15.0. The number of hydrogen-bond donors (Lipinski definition) is 1. The molecule has 2 aromatic rings. The first-order valence-corrected chi connectivity index (χ1v) is 17.1. The number of piperazine rings is 1. The third kappa shape index (κ3) is 8.49. The first-order chi connectivity index (χ1) is 23.1. The minimum Gasteiger partial charge on any atom is -0.496 e. The van der Waals surface area contributed by atoms with Gasteiger partial charge >= 0.3 is 12.2 Å². The molecule has 2 unspecified atom stereocenters. The second-order valence-electron chi connectivity index (χ2n) is 15.0. The van der Waals surface area contributed by atoms with Crippen LogP contribution in [0.4, 0.5) is 9.59 Å². The summed E-state index contributed by atoms with van der Waals surface area (Å²) >= 11 is 0. The van der Waals surface area contributed by atoms with E-state index in [1.54, 1.807) is 16.9 Å². The summed E-state index contributed by atoms with van der Waals surface area (Å²) in [4.78, 5) is 47.9. The molecule has 11 nitrogen and oxygen atoms in total. The molecule has 2 atom stereocenters. The maximum Gasteiger partial charge on any atom is 0.411 e. The van der Waals surface area contributed by atoms with Crippen LogP contribution in [0, 0.1) is 6.92 Å². The van der Waals surface area contributed by atoms with Gasteiger partial charge in [0.05, 0.1) is 25.8 Å². The number of methoxy groups -OCH3 is 1. The van der Waals surface area contributed by atoms with Crippen LogP contribution in [0.5, 0.6) is 11.5 Å². The van der Waals surface area contributed by atoms with Crippen molar-refractivity contribution in [2.75, 3.05) is 33.4 Å². The SMILES string of the molecule is COc1cccc(CN(C(=O)C2=C(c3cccc(OCCO)c3)CC3CN(C(=O)OC(C)(C)C)CC2N3C(=O)OC(C)(C)C)C2CC2)c1C. The lowest BCUT2D eigenvalue weighted by molar-refractivity contribution is -0.129. The standard InChI is InChI=1S/C38H51N3O8/c1-24-26(12-10-14-32(24)46-8)21-40(27-15-16-27)34(43)33-30(25-11-9-13-29(19-25)47-18-17-42)20-28-22-39(35(44)48-37(2,3)4)23-31(33)41(28)36(45)49-38(5,6)7/h9-14,19,27-28,31,42H,15-18,20-23H2,1-8H3. The van der Waals surface area contributed by atoms with Crippen molar-refractivity contribution < 1.29 is 38.4 Å². The minimum atomic E-state index is -0.799. The monoisotopic (exact) mass is 677 g/mol. The molecule has 0 radical (unpaired) electrons. The molecule has 266 valence electrons. The number of amides is 3. The van der Waals surface area contributed by atoms with Gasteiger partial charge in [0, 0.05) is 31.2 Å². The van der Waals surface area contributed by atoms with Crippen LogP contribution in [0.15, 0.2) is 48.0 Å². The van der Waals surface area contributed by atoms with Crippen molar-refractivity contribution in [3.05, 3.63) is 64.7 Å². The van der Waals surface area contributed by atoms with Crippen molar-refractivity contribution in [2.24, 2.45) is 0 Å². The van der Waals surface area contributed by atoms with Crippen LogP contribution in [-0.4, -0.2) is 101 Å². The van der Waals surface area contributed by atoms with E-state index in [1.165, 1.54) is 0 Å². The third-order valence-corrected chi connectivity index (χ3v) is 8.89. The lowest BCUT2D eigenvalue weighted by Crippen LogP contribution is -2.66. The third-order valence-electron chi connectivity index (χ3n) is 8.89. The van der Waals surface area contributed by atoms with Crippen LogP contribution < -0.4 is 9.47 Å². The van der Waals surface area contributed by atoms with Crippen molar-refractivity contribution >= 4 is 23.7 Å². The first-order valence-electron chi connectivity index (χ1n) is 17.1. The zero-order chi connectivity index (χ0) is 35.7. The van der Waals surface area contributed by atoms with E-state index in [-0.39, 0.29) is 38.3 Å². The van der Waals surface area contributed by atoms with E-state index < -0.39 is 35.5 Å². The number of fused-ring (bicyclic) bond motifs is 2. The van der Waals surface area contributed by atoms with E-state index in [1.807, 2.05) is 95.8 Å². The van der Waals surface area contributed by atoms with Gasteiger partial charge in [0.15, 0.2) is 0 Å². The molecule has 3 aliphatic rings. The lowest BCUT2D eigenvalue weighted by Gasteiger charge is -2.51. The molecule has 5 rings (SSSR count). The average molecular weight is 678 g/mol. The molecular weight excluding hydrogens is 626 g/mol.